The molecule has 11 nitrogen and oxygen atoms in total. The summed E-state index contributed by atoms with van der Waals surface area (Å²) < 4.78 is 6.08. The molecule has 4 aliphatic rings. The van der Waals surface area contributed by atoms with Crippen molar-refractivity contribution in [2.75, 3.05) is 6.54 Å². The largest absolute Gasteiger partial charge is 0.489 e. The van der Waals surface area contributed by atoms with Gasteiger partial charge in [0.15, 0.2) is 0 Å². The Bertz CT molecular complexity index is 1570. The summed E-state index contributed by atoms with van der Waals surface area (Å²) in [6.45, 7) is 6.46. The third kappa shape index (κ3) is 12.1. The number of carbonyl (C=O) groups is 5. The second-order valence-corrected chi connectivity index (χ2v) is 16.6. The number of ether oxygens (including phenoxy) is 1. The molecule has 0 radical (unpaired) electrons. The van der Waals surface area contributed by atoms with Gasteiger partial charge < -0.3 is 31.3 Å². The van der Waals surface area contributed by atoms with Crippen molar-refractivity contribution in [3.05, 3.63) is 65.7 Å². The standard InChI is InChI=1S/C39H53N5O6.C3H6/c1-38(2,3)33(36(48)44-21-11-16-31(44)35(47)41-30(23-26-17-18-26)32(45)34(40)46)42-37(49)43-39(19-8-5-9-20-39)24-28-14-10-15-29(22-28)50-25-27-12-6-4-7-13-27;1-2-3-1/h4,6-7,10,12-15,22,26,30-31,33H,5,8-9,11,16-21,23-25H2,1-3H3,(H2,40,46)(H,41,47)(H2,42,43,49);1-3H2. The zero-order chi connectivity index (χ0) is 38.0. The fraction of sp³-hybridized carbons (Fsp3) is 0.595. The number of nitrogens with two attached hydrogens (primary N) is 1. The Morgan fingerprint density at radius 1 is 0.849 bits per heavy atom. The molecular formula is C42H59N5O6. The maximum atomic E-state index is 14.2. The molecule has 1 heterocycles. The van der Waals surface area contributed by atoms with Crippen molar-refractivity contribution >= 4 is 29.5 Å². The van der Waals surface area contributed by atoms with Crippen LogP contribution in [-0.2, 0) is 32.2 Å². The first kappa shape index (κ1) is 39.8. The number of hydrogen-bond acceptors (Lipinski definition) is 6. The van der Waals surface area contributed by atoms with E-state index in [9.17, 15) is 24.0 Å². The molecule has 0 aromatic heterocycles. The van der Waals surface area contributed by atoms with E-state index in [1.165, 1.54) is 24.2 Å². The minimum atomic E-state index is -1.09. The number of nitrogens with one attached hydrogen (secondary N) is 3. The van der Waals surface area contributed by atoms with Crippen LogP contribution in [0, 0.1) is 11.3 Å². The van der Waals surface area contributed by atoms with Gasteiger partial charge >= 0.3 is 6.03 Å². The summed E-state index contributed by atoms with van der Waals surface area (Å²) in [6.07, 6.45) is 13.0. The van der Waals surface area contributed by atoms with Crippen molar-refractivity contribution in [2.45, 2.75) is 141 Å². The quantitative estimate of drug-likeness (QED) is 0.182. The number of amides is 5. The first-order chi connectivity index (χ1) is 25.3. The monoisotopic (exact) mass is 729 g/mol. The van der Waals surface area contributed by atoms with Gasteiger partial charge in [0.05, 0.1) is 6.04 Å². The summed E-state index contributed by atoms with van der Waals surface area (Å²) in [5, 5.41) is 9.01. The van der Waals surface area contributed by atoms with Crippen LogP contribution in [0.2, 0.25) is 0 Å². The van der Waals surface area contributed by atoms with Crippen molar-refractivity contribution in [3.63, 3.8) is 0 Å². The number of rotatable bonds is 14. The van der Waals surface area contributed by atoms with E-state index in [-0.39, 0.29) is 11.8 Å². The third-order valence-electron chi connectivity index (χ3n) is 10.6. The Morgan fingerprint density at radius 2 is 1.51 bits per heavy atom. The smallest absolute Gasteiger partial charge is 0.315 e. The predicted molar refractivity (Wildman–Crippen MR) is 204 cm³/mol. The molecule has 11 heteroatoms. The number of primary amides is 1. The number of nitrogens with zero attached hydrogens (tertiary/aromatic N) is 1. The SMILES string of the molecule is C1CC1.CC(C)(C)C(NC(=O)NC1(Cc2cccc(OCc3ccccc3)c2)CCCCC1)C(=O)N1CCCC1C(=O)NC(CC1CC1)C(=O)C(N)=O. The first-order valence-corrected chi connectivity index (χ1v) is 19.6. The van der Waals surface area contributed by atoms with E-state index in [2.05, 4.69) is 22.0 Å². The van der Waals surface area contributed by atoms with Crippen LogP contribution in [-0.4, -0.2) is 64.6 Å². The lowest BCUT2D eigenvalue weighted by Gasteiger charge is -2.40. The highest BCUT2D eigenvalue weighted by Gasteiger charge is 2.44. The van der Waals surface area contributed by atoms with Crippen LogP contribution in [0.4, 0.5) is 4.79 Å². The molecular weight excluding hydrogens is 670 g/mol. The number of Topliss-reactive ketones (excluding diaryl/α,β-unsaturated/α-hetero) is 1. The number of urea groups is 1. The Kier molecular flexibility index (Phi) is 13.6. The first-order valence-electron chi connectivity index (χ1n) is 19.6. The lowest BCUT2D eigenvalue weighted by Crippen LogP contribution is -2.62. The molecule has 2 aromatic carbocycles. The highest BCUT2D eigenvalue weighted by molar-refractivity contribution is 6.37. The van der Waals surface area contributed by atoms with Crippen LogP contribution in [0.15, 0.2) is 54.6 Å². The molecule has 0 bridgehead atoms. The zero-order valence-corrected chi connectivity index (χ0v) is 31.8. The lowest BCUT2D eigenvalue weighted by molar-refractivity contribution is -0.143. The van der Waals surface area contributed by atoms with Gasteiger partial charge in [0, 0.05) is 12.1 Å². The Balaban J connectivity index is 0.00000172. The molecule has 0 spiro atoms. The number of carbonyl (C=O) groups excluding carboxylic acids is 5. The van der Waals surface area contributed by atoms with Gasteiger partial charge in [-0.1, -0.05) is 115 Å². The van der Waals surface area contributed by atoms with Gasteiger partial charge in [0.1, 0.15) is 24.4 Å². The van der Waals surface area contributed by atoms with E-state index < -0.39 is 52.7 Å². The van der Waals surface area contributed by atoms with Crippen molar-refractivity contribution < 1.29 is 28.7 Å². The molecule has 1 aliphatic heterocycles. The molecule has 4 fully saturated rings. The average molecular weight is 730 g/mol. The molecule has 5 amide bonds. The Labute approximate surface area is 314 Å². The summed E-state index contributed by atoms with van der Waals surface area (Å²) >= 11 is 0. The molecule has 2 aromatic rings. The predicted octanol–water partition coefficient (Wildman–Crippen LogP) is 5.73. The van der Waals surface area contributed by atoms with Gasteiger partial charge in [-0.2, -0.15) is 0 Å². The normalized spacial score (nSPS) is 20.1. The number of likely N-dealkylation sites (tertiary alicyclic amines) is 1. The van der Waals surface area contributed by atoms with E-state index >= 15 is 0 Å². The van der Waals surface area contributed by atoms with E-state index in [0.717, 1.165) is 61.8 Å². The topological polar surface area (TPSA) is 160 Å². The maximum absolute atomic E-state index is 14.2. The molecule has 5 N–H and O–H groups in total. The fourth-order valence-electron chi connectivity index (χ4n) is 7.34. The van der Waals surface area contributed by atoms with Crippen molar-refractivity contribution in [2.24, 2.45) is 17.1 Å². The number of ketones is 1. The third-order valence-corrected chi connectivity index (χ3v) is 10.6. The summed E-state index contributed by atoms with van der Waals surface area (Å²) in [7, 11) is 0. The Morgan fingerprint density at radius 3 is 2.13 bits per heavy atom. The van der Waals surface area contributed by atoms with E-state index in [0.29, 0.717) is 38.8 Å². The zero-order valence-electron chi connectivity index (χ0n) is 31.8. The minimum Gasteiger partial charge on any atom is -0.489 e. The van der Waals surface area contributed by atoms with Gasteiger partial charge in [0.2, 0.25) is 17.6 Å². The summed E-state index contributed by atoms with van der Waals surface area (Å²) in [6, 6.07) is 14.8. The second kappa shape index (κ2) is 18.1. The van der Waals surface area contributed by atoms with Gasteiger partial charge in [0.25, 0.3) is 5.91 Å². The highest BCUT2D eigenvalue weighted by Crippen LogP contribution is 2.35. The molecule has 6 rings (SSSR count). The molecule has 3 aliphatic carbocycles. The van der Waals surface area contributed by atoms with Gasteiger partial charge in [-0.05, 0) is 73.1 Å². The number of benzene rings is 2. The van der Waals surface area contributed by atoms with Gasteiger partial charge in [-0.25, -0.2) is 4.79 Å². The summed E-state index contributed by atoms with van der Waals surface area (Å²) in [5.41, 5.74) is 6.25. The van der Waals surface area contributed by atoms with Crippen molar-refractivity contribution in [1.29, 1.82) is 0 Å². The van der Waals surface area contributed by atoms with Crippen LogP contribution in [0.3, 0.4) is 0 Å². The van der Waals surface area contributed by atoms with E-state index in [1.54, 1.807) is 0 Å². The van der Waals surface area contributed by atoms with Crippen LogP contribution in [0.1, 0.15) is 115 Å². The molecule has 288 valence electrons. The number of hydrogen-bond donors (Lipinski definition) is 4. The van der Waals surface area contributed by atoms with Crippen LogP contribution < -0.4 is 26.4 Å². The highest BCUT2D eigenvalue weighted by atomic mass is 16.5. The van der Waals surface area contributed by atoms with E-state index in [1.807, 2.05) is 69.3 Å². The molecule has 3 atom stereocenters. The molecule has 1 saturated heterocycles. The maximum Gasteiger partial charge on any atom is 0.315 e. The molecule has 3 unspecified atom stereocenters. The van der Waals surface area contributed by atoms with Crippen LogP contribution in [0.5, 0.6) is 5.75 Å². The van der Waals surface area contributed by atoms with Crippen LogP contribution >= 0.6 is 0 Å². The molecule has 3 saturated carbocycles. The second-order valence-electron chi connectivity index (χ2n) is 16.6. The van der Waals surface area contributed by atoms with E-state index in [4.69, 9.17) is 10.5 Å². The summed E-state index contributed by atoms with van der Waals surface area (Å²) in [4.78, 5) is 67.2. The van der Waals surface area contributed by atoms with Crippen molar-refractivity contribution in [3.8, 4) is 5.75 Å². The molecule has 53 heavy (non-hydrogen) atoms. The summed E-state index contributed by atoms with van der Waals surface area (Å²) in [5.74, 6) is -1.71. The minimum absolute atomic E-state index is 0.266. The lowest BCUT2D eigenvalue weighted by atomic mass is 9.77. The Hall–Kier alpha value is -4.41. The van der Waals surface area contributed by atoms with Gasteiger partial charge in [-0.3, -0.25) is 19.2 Å². The average Bonchev–Trinajstić information content (AvgIpc) is 4.08. The van der Waals surface area contributed by atoms with Gasteiger partial charge in [-0.15, -0.1) is 0 Å². The van der Waals surface area contributed by atoms with Crippen LogP contribution in [0.25, 0.3) is 0 Å². The fourth-order valence-corrected chi connectivity index (χ4v) is 7.34. The van der Waals surface area contributed by atoms with Crippen molar-refractivity contribution in [1.82, 2.24) is 20.9 Å².